The number of rotatable bonds is 11. The molecule has 0 saturated heterocycles. The quantitative estimate of drug-likeness (QED) is 0.266. The van der Waals surface area contributed by atoms with Gasteiger partial charge in [-0.25, -0.2) is 10.1 Å². The maximum absolute atomic E-state index is 9.12. The van der Waals surface area contributed by atoms with E-state index < -0.39 is 0 Å². The molecule has 0 aromatic heterocycles. The summed E-state index contributed by atoms with van der Waals surface area (Å²) in [6, 6.07) is 11.3. The maximum atomic E-state index is 9.12. The van der Waals surface area contributed by atoms with Crippen LogP contribution in [0, 0.1) is 57.8 Å². The summed E-state index contributed by atoms with van der Waals surface area (Å²) >= 11 is 0. The van der Waals surface area contributed by atoms with E-state index in [-0.39, 0.29) is 17.5 Å². The first kappa shape index (κ1) is 29.1. The molecule has 1 aromatic carbocycles. The van der Waals surface area contributed by atoms with Crippen LogP contribution in [0.1, 0.15) is 81.1 Å². The average molecular weight is 463 g/mol. The highest BCUT2D eigenvalue weighted by molar-refractivity contribution is 5.54. The summed E-state index contributed by atoms with van der Waals surface area (Å²) in [5.74, 6) is 2.44. The topological polar surface area (TPSA) is 73.2 Å². The number of anilines is 1. The molecular formula is C29H42N4O. The number of nitriles is 2. The fourth-order valence-corrected chi connectivity index (χ4v) is 4.68. The van der Waals surface area contributed by atoms with Gasteiger partial charge in [-0.2, -0.15) is 5.26 Å². The zero-order valence-electron chi connectivity index (χ0n) is 22.3. The van der Waals surface area contributed by atoms with E-state index in [1.807, 2.05) is 36.4 Å². The van der Waals surface area contributed by atoms with E-state index in [2.05, 4.69) is 65.6 Å². The average Bonchev–Trinajstić information content (AvgIpc) is 2.70. The minimum Gasteiger partial charge on any atom is -0.493 e. The van der Waals surface area contributed by atoms with E-state index in [1.54, 1.807) is 0 Å². The van der Waals surface area contributed by atoms with Gasteiger partial charge in [-0.3, -0.25) is 0 Å². The Labute approximate surface area is 207 Å². The highest BCUT2D eigenvalue weighted by Gasteiger charge is 2.27. The molecule has 34 heavy (non-hydrogen) atoms. The number of allylic oxidation sites excluding steroid dienone is 2. The summed E-state index contributed by atoms with van der Waals surface area (Å²) in [6.45, 7) is 26.3. The van der Waals surface area contributed by atoms with Crippen LogP contribution in [0.3, 0.4) is 0 Å². The van der Waals surface area contributed by atoms with Crippen molar-refractivity contribution in [2.24, 2.45) is 28.6 Å². The zero-order valence-corrected chi connectivity index (χ0v) is 22.3. The molecule has 184 valence electrons. The molecule has 0 aliphatic rings. The summed E-state index contributed by atoms with van der Waals surface area (Å²) in [5, 5.41) is 21.2. The number of ether oxygens (including phenoxy) is 1. The van der Waals surface area contributed by atoms with Gasteiger partial charge >= 0.3 is 0 Å². The minimum absolute atomic E-state index is 0.0242. The lowest BCUT2D eigenvalue weighted by Crippen LogP contribution is -2.26. The summed E-state index contributed by atoms with van der Waals surface area (Å²) in [4.78, 5) is 3.21. The van der Waals surface area contributed by atoms with Gasteiger partial charge in [-0.05, 0) is 72.1 Å². The number of hydrogen-bond acceptors (Lipinski definition) is 4. The van der Waals surface area contributed by atoms with Gasteiger partial charge in [0.2, 0.25) is 0 Å². The van der Waals surface area contributed by atoms with Crippen LogP contribution in [0.5, 0.6) is 5.75 Å². The lowest BCUT2D eigenvalue weighted by molar-refractivity contribution is 0.134. The van der Waals surface area contributed by atoms with Crippen molar-refractivity contribution >= 4 is 5.69 Å². The second-order valence-electron chi connectivity index (χ2n) is 12.0. The van der Waals surface area contributed by atoms with Crippen molar-refractivity contribution in [3.63, 3.8) is 0 Å². The highest BCUT2D eigenvalue weighted by atomic mass is 16.5. The first-order valence-corrected chi connectivity index (χ1v) is 12.2. The number of hydrogen-bond donors (Lipinski definition) is 1. The van der Waals surface area contributed by atoms with E-state index in [1.165, 1.54) is 6.42 Å². The molecule has 0 amide bonds. The Balaban J connectivity index is 2.91. The predicted octanol–water partition coefficient (Wildman–Crippen LogP) is 8.20. The Hall–Kier alpha value is -2.97. The van der Waals surface area contributed by atoms with Crippen LogP contribution in [-0.2, 0) is 0 Å². The highest BCUT2D eigenvalue weighted by Crippen LogP contribution is 2.35. The molecule has 0 aliphatic carbocycles. The maximum Gasteiger partial charge on any atom is 0.281 e. The van der Waals surface area contributed by atoms with Crippen molar-refractivity contribution < 1.29 is 4.74 Å². The number of nitrogens with zero attached hydrogens (tertiary/aromatic N) is 3. The molecule has 0 heterocycles. The first-order chi connectivity index (χ1) is 15.8. The van der Waals surface area contributed by atoms with Gasteiger partial charge in [-0.1, -0.05) is 55.4 Å². The summed E-state index contributed by atoms with van der Waals surface area (Å²) < 4.78 is 6.24. The van der Waals surface area contributed by atoms with E-state index in [4.69, 9.17) is 21.8 Å². The Kier molecular flexibility index (Phi) is 11.2. The molecule has 1 N–H and O–H groups in total. The Bertz CT molecular complexity index is 911. The third kappa shape index (κ3) is 11.2. The van der Waals surface area contributed by atoms with Gasteiger partial charge in [0.15, 0.2) is 0 Å². The molecule has 3 atom stereocenters. The molecule has 0 saturated carbocycles. The van der Waals surface area contributed by atoms with Crippen LogP contribution in [-0.4, -0.2) is 6.61 Å². The normalized spacial score (nSPS) is 15.1. The molecule has 0 bridgehead atoms. The second kappa shape index (κ2) is 13.1. The van der Waals surface area contributed by atoms with Crippen LogP contribution >= 0.6 is 0 Å². The molecule has 5 heteroatoms. The van der Waals surface area contributed by atoms with E-state index >= 15 is 0 Å². The standard InChI is InChI=1S/C29H42N4O/c1-21(17-28(3,4)5)16-23(22(2)18-29(6,7)8)20-34-25-12-10-24(11-13-25)33-26(14-15-30)27(19-31)32-9/h10-13,21-23,33H,14,16-18,20H2,1-8H3/b27-26-. The monoisotopic (exact) mass is 462 g/mol. The second-order valence-corrected chi connectivity index (χ2v) is 12.0. The van der Waals surface area contributed by atoms with Gasteiger partial charge < -0.3 is 10.1 Å². The molecule has 0 fully saturated rings. The molecular weight excluding hydrogens is 420 g/mol. The smallest absolute Gasteiger partial charge is 0.281 e. The van der Waals surface area contributed by atoms with E-state index in [9.17, 15) is 0 Å². The Morgan fingerprint density at radius 2 is 1.62 bits per heavy atom. The fraction of sp³-hybridized carbons (Fsp3) is 0.621. The summed E-state index contributed by atoms with van der Waals surface area (Å²) in [6.07, 6.45) is 3.47. The fourth-order valence-electron chi connectivity index (χ4n) is 4.68. The van der Waals surface area contributed by atoms with E-state index in [0.717, 1.165) is 18.6 Å². The van der Waals surface area contributed by atoms with Crippen LogP contribution in [0.2, 0.25) is 0 Å². The summed E-state index contributed by atoms with van der Waals surface area (Å²) in [7, 11) is 0. The van der Waals surface area contributed by atoms with Crippen molar-refractivity contribution in [2.45, 2.75) is 81.1 Å². The van der Waals surface area contributed by atoms with Gasteiger partial charge in [0.25, 0.3) is 5.70 Å². The molecule has 5 nitrogen and oxygen atoms in total. The molecule has 0 radical (unpaired) electrons. The van der Waals surface area contributed by atoms with Crippen molar-refractivity contribution in [3.05, 3.63) is 47.1 Å². The van der Waals surface area contributed by atoms with Gasteiger partial charge in [0.1, 0.15) is 5.75 Å². The third-order valence-electron chi connectivity index (χ3n) is 5.78. The third-order valence-corrected chi connectivity index (χ3v) is 5.78. The Morgan fingerprint density at radius 3 is 2.09 bits per heavy atom. The first-order valence-electron chi connectivity index (χ1n) is 12.2. The molecule has 1 aromatic rings. The van der Waals surface area contributed by atoms with Crippen LogP contribution in [0.15, 0.2) is 35.7 Å². The van der Waals surface area contributed by atoms with Crippen molar-refractivity contribution in [1.82, 2.24) is 0 Å². The lowest BCUT2D eigenvalue weighted by Gasteiger charge is -2.33. The van der Waals surface area contributed by atoms with E-state index in [0.29, 0.717) is 41.2 Å². The van der Waals surface area contributed by atoms with Crippen molar-refractivity contribution in [2.75, 3.05) is 11.9 Å². The Morgan fingerprint density at radius 1 is 1.03 bits per heavy atom. The van der Waals surface area contributed by atoms with Crippen LogP contribution in [0.4, 0.5) is 5.69 Å². The molecule has 0 spiro atoms. The van der Waals surface area contributed by atoms with Crippen LogP contribution in [0.25, 0.3) is 4.85 Å². The van der Waals surface area contributed by atoms with Crippen LogP contribution < -0.4 is 10.1 Å². The summed E-state index contributed by atoms with van der Waals surface area (Å²) in [5.41, 5.74) is 1.53. The molecule has 1 rings (SSSR count). The van der Waals surface area contributed by atoms with Gasteiger partial charge in [-0.15, -0.1) is 0 Å². The van der Waals surface area contributed by atoms with Crippen molar-refractivity contribution in [1.29, 1.82) is 10.5 Å². The number of benzene rings is 1. The largest absolute Gasteiger partial charge is 0.493 e. The van der Waals surface area contributed by atoms with Gasteiger partial charge in [0.05, 0.1) is 31.7 Å². The van der Waals surface area contributed by atoms with Crippen molar-refractivity contribution in [3.8, 4) is 17.9 Å². The molecule has 3 unspecified atom stereocenters. The zero-order chi connectivity index (χ0) is 25.9. The minimum atomic E-state index is -0.0954. The number of nitrogens with one attached hydrogen (secondary N) is 1. The SMILES string of the molecule is [C-]#[N+]/C(C#N)=C(/CC#N)Nc1ccc(OCC(CC(C)CC(C)(C)C)C(C)CC(C)(C)C)cc1. The lowest BCUT2D eigenvalue weighted by atomic mass is 9.74. The molecule has 0 aliphatic heterocycles. The predicted molar refractivity (Wildman–Crippen MR) is 140 cm³/mol. The van der Waals surface area contributed by atoms with Gasteiger partial charge in [0, 0.05) is 11.4 Å².